The maximum absolute atomic E-state index is 13.0. The molecule has 1 aliphatic rings. The Hall–Kier alpha value is -1.70. The summed E-state index contributed by atoms with van der Waals surface area (Å²) in [6.07, 6.45) is 1.33. The van der Waals surface area contributed by atoms with E-state index >= 15 is 0 Å². The first-order valence-corrected chi connectivity index (χ1v) is 4.60. The Morgan fingerprint density at radius 1 is 1.53 bits per heavy atom. The summed E-state index contributed by atoms with van der Waals surface area (Å²) in [5, 5.41) is 8.80. The van der Waals surface area contributed by atoms with E-state index in [1.54, 1.807) is 12.1 Å². The molecule has 1 aliphatic heterocycles. The molecule has 5 heteroatoms. The Kier molecular flexibility index (Phi) is 2.27. The highest BCUT2D eigenvalue weighted by atomic mass is 19.3. The van der Waals surface area contributed by atoms with E-state index in [-0.39, 0.29) is 19.5 Å². The lowest BCUT2D eigenvalue weighted by atomic mass is 10.2. The van der Waals surface area contributed by atoms with Crippen molar-refractivity contribution in [2.24, 2.45) is 0 Å². The van der Waals surface area contributed by atoms with Crippen LogP contribution in [0.15, 0.2) is 18.3 Å². The monoisotopic (exact) mass is 209 g/mol. The predicted molar refractivity (Wildman–Crippen MR) is 50.7 cm³/mol. The van der Waals surface area contributed by atoms with Crippen LogP contribution in [0, 0.1) is 11.3 Å². The lowest BCUT2D eigenvalue weighted by Crippen LogP contribution is -2.26. The van der Waals surface area contributed by atoms with Gasteiger partial charge in [0.1, 0.15) is 11.9 Å². The zero-order valence-electron chi connectivity index (χ0n) is 7.95. The van der Waals surface area contributed by atoms with Crippen molar-refractivity contribution in [1.82, 2.24) is 4.98 Å². The van der Waals surface area contributed by atoms with E-state index < -0.39 is 5.92 Å². The number of nitriles is 1. The number of anilines is 1. The molecule has 1 fully saturated rings. The van der Waals surface area contributed by atoms with E-state index in [1.165, 1.54) is 11.1 Å². The van der Waals surface area contributed by atoms with E-state index in [2.05, 4.69) is 4.98 Å². The normalized spacial score (nSPS) is 18.9. The molecule has 0 aliphatic carbocycles. The minimum absolute atomic E-state index is 0.172. The molecular formula is C10H9F2N3. The molecule has 0 unspecified atom stereocenters. The van der Waals surface area contributed by atoms with E-state index in [9.17, 15) is 8.78 Å². The van der Waals surface area contributed by atoms with Crippen molar-refractivity contribution in [3.63, 3.8) is 0 Å². The first-order chi connectivity index (χ1) is 7.12. The number of alkyl halides is 2. The highest BCUT2D eigenvalue weighted by molar-refractivity contribution is 5.54. The minimum atomic E-state index is -2.66. The van der Waals surface area contributed by atoms with Crippen molar-refractivity contribution in [3.8, 4) is 6.07 Å². The zero-order chi connectivity index (χ0) is 10.9. The lowest BCUT2D eigenvalue weighted by Gasteiger charge is -2.17. The van der Waals surface area contributed by atoms with Gasteiger partial charge in [-0.1, -0.05) is 0 Å². The molecule has 0 amide bonds. The molecule has 2 heterocycles. The number of hydrogen-bond acceptors (Lipinski definition) is 3. The van der Waals surface area contributed by atoms with Crippen LogP contribution in [0.1, 0.15) is 12.0 Å². The Morgan fingerprint density at radius 2 is 2.33 bits per heavy atom. The lowest BCUT2D eigenvalue weighted by molar-refractivity contribution is 0.0256. The second-order valence-electron chi connectivity index (χ2n) is 3.51. The van der Waals surface area contributed by atoms with Crippen molar-refractivity contribution < 1.29 is 8.78 Å². The van der Waals surface area contributed by atoms with E-state index in [4.69, 9.17) is 5.26 Å². The zero-order valence-corrected chi connectivity index (χ0v) is 7.95. The van der Waals surface area contributed by atoms with Crippen molar-refractivity contribution in [1.29, 1.82) is 5.26 Å². The first kappa shape index (κ1) is 9.84. The second-order valence-corrected chi connectivity index (χ2v) is 3.51. The van der Waals surface area contributed by atoms with E-state index in [0.717, 1.165) is 0 Å². The topological polar surface area (TPSA) is 39.9 Å². The van der Waals surface area contributed by atoms with Crippen LogP contribution in [0.25, 0.3) is 0 Å². The number of pyridine rings is 1. The van der Waals surface area contributed by atoms with Gasteiger partial charge in [-0.15, -0.1) is 0 Å². The second kappa shape index (κ2) is 3.46. The van der Waals surface area contributed by atoms with Gasteiger partial charge in [-0.25, -0.2) is 13.8 Å². The van der Waals surface area contributed by atoms with Crippen LogP contribution < -0.4 is 4.90 Å². The van der Waals surface area contributed by atoms with E-state index in [1.807, 2.05) is 6.07 Å². The summed E-state index contributed by atoms with van der Waals surface area (Å²) in [6.45, 7) is -0.0998. The number of aromatic nitrogens is 1. The summed E-state index contributed by atoms with van der Waals surface area (Å²) >= 11 is 0. The van der Waals surface area contributed by atoms with Gasteiger partial charge in [0, 0.05) is 19.2 Å². The van der Waals surface area contributed by atoms with Crippen molar-refractivity contribution in [2.45, 2.75) is 12.3 Å². The van der Waals surface area contributed by atoms with Crippen LogP contribution in [0.2, 0.25) is 0 Å². The highest BCUT2D eigenvalue weighted by Crippen LogP contribution is 2.30. The summed E-state index contributed by atoms with van der Waals surface area (Å²) in [5.74, 6) is -2.30. The maximum atomic E-state index is 13.0. The fourth-order valence-electron chi connectivity index (χ4n) is 1.65. The molecule has 2 rings (SSSR count). The van der Waals surface area contributed by atoms with Crippen LogP contribution in [0.4, 0.5) is 14.6 Å². The van der Waals surface area contributed by atoms with Gasteiger partial charge in [0.05, 0.1) is 12.1 Å². The third kappa shape index (κ3) is 1.89. The first-order valence-electron chi connectivity index (χ1n) is 4.60. The standard InChI is InChI=1S/C10H9F2N3/c11-10(12)3-5-15(7-10)9-8(6-13)2-1-4-14-9/h1-2,4H,3,5,7H2. The summed E-state index contributed by atoms with van der Waals surface area (Å²) in [4.78, 5) is 5.42. The molecule has 0 radical (unpaired) electrons. The van der Waals surface area contributed by atoms with Crippen molar-refractivity contribution >= 4 is 5.82 Å². The Morgan fingerprint density at radius 3 is 2.93 bits per heavy atom. The number of rotatable bonds is 1. The van der Waals surface area contributed by atoms with Crippen molar-refractivity contribution in [2.75, 3.05) is 18.0 Å². The Balaban J connectivity index is 2.28. The van der Waals surface area contributed by atoms with Gasteiger partial charge in [-0.2, -0.15) is 5.26 Å². The molecule has 1 aromatic heterocycles. The smallest absolute Gasteiger partial charge is 0.266 e. The van der Waals surface area contributed by atoms with Gasteiger partial charge in [-0.05, 0) is 12.1 Å². The third-order valence-corrected chi connectivity index (χ3v) is 2.38. The summed E-state index contributed by atoms with van der Waals surface area (Å²) in [7, 11) is 0. The summed E-state index contributed by atoms with van der Waals surface area (Å²) in [6, 6.07) is 5.15. The summed E-state index contributed by atoms with van der Waals surface area (Å²) < 4.78 is 25.9. The van der Waals surface area contributed by atoms with Gasteiger partial charge in [0.25, 0.3) is 5.92 Å². The predicted octanol–water partition coefficient (Wildman–Crippen LogP) is 1.80. The molecule has 0 spiro atoms. The summed E-state index contributed by atoms with van der Waals surface area (Å²) in [5.41, 5.74) is 0.343. The molecule has 1 aromatic rings. The van der Waals surface area contributed by atoms with E-state index in [0.29, 0.717) is 11.4 Å². The molecule has 0 aromatic carbocycles. The average molecular weight is 209 g/mol. The van der Waals surface area contributed by atoms with Gasteiger partial charge in [0.15, 0.2) is 0 Å². The maximum Gasteiger partial charge on any atom is 0.266 e. The fourth-order valence-corrected chi connectivity index (χ4v) is 1.65. The van der Waals surface area contributed by atoms with Gasteiger partial charge in [0.2, 0.25) is 0 Å². The Bertz CT molecular complexity index is 411. The molecule has 0 saturated carbocycles. The number of nitrogens with zero attached hydrogens (tertiary/aromatic N) is 3. The van der Waals surface area contributed by atoms with Crippen LogP contribution >= 0.6 is 0 Å². The SMILES string of the molecule is N#Cc1cccnc1N1CCC(F)(F)C1. The van der Waals surface area contributed by atoms with Crippen LogP contribution in [-0.4, -0.2) is 24.0 Å². The largest absolute Gasteiger partial charge is 0.349 e. The molecule has 0 N–H and O–H groups in total. The Labute approximate surface area is 86.0 Å². The third-order valence-electron chi connectivity index (χ3n) is 2.38. The molecule has 1 saturated heterocycles. The van der Waals surface area contributed by atoms with Crippen LogP contribution in [0.5, 0.6) is 0 Å². The highest BCUT2D eigenvalue weighted by Gasteiger charge is 2.39. The average Bonchev–Trinajstić information content (AvgIpc) is 2.59. The van der Waals surface area contributed by atoms with Gasteiger partial charge >= 0.3 is 0 Å². The minimum Gasteiger partial charge on any atom is -0.349 e. The molecule has 0 atom stereocenters. The molecule has 15 heavy (non-hydrogen) atoms. The van der Waals surface area contributed by atoms with Crippen molar-refractivity contribution in [3.05, 3.63) is 23.9 Å². The number of hydrogen-bond donors (Lipinski definition) is 0. The molecule has 0 bridgehead atoms. The van der Waals surface area contributed by atoms with Crippen LogP contribution in [-0.2, 0) is 0 Å². The molecular weight excluding hydrogens is 200 g/mol. The number of halogens is 2. The molecule has 3 nitrogen and oxygen atoms in total. The quantitative estimate of drug-likeness (QED) is 0.708. The van der Waals surface area contributed by atoms with Gasteiger partial charge < -0.3 is 4.90 Å². The fraction of sp³-hybridized carbons (Fsp3) is 0.400. The molecule has 78 valence electrons. The van der Waals surface area contributed by atoms with Crippen LogP contribution in [0.3, 0.4) is 0 Å². The van der Waals surface area contributed by atoms with Gasteiger partial charge in [-0.3, -0.25) is 0 Å².